The van der Waals surface area contributed by atoms with Gasteiger partial charge in [-0.15, -0.1) is 0 Å². The molecule has 1 aliphatic heterocycles. The van der Waals surface area contributed by atoms with Crippen LogP contribution in [0, 0.1) is 13.8 Å². The van der Waals surface area contributed by atoms with E-state index in [0.29, 0.717) is 19.0 Å². The van der Waals surface area contributed by atoms with E-state index in [1.807, 2.05) is 40.8 Å². The van der Waals surface area contributed by atoms with Crippen molar-refractivity contribution >= 4 is 6.09 Å². The predicted molar refractivity (Wildman–Crippen MR) is 96.8 cm³/mol. The predicted octanol–water partition coefficient (Wildman–Crippen LogP) is 3.86. The third-order valence-electron chi connectivity index (χ3n) is 4.53. The van der Waals surface area contributed by atoms with Crippen LogP contribution in [0.2, 0.25) is 0 Å². The third kappa shape index (κ3) is 4.03. The standard InChI is InChI=1S/C19H26N4O3/c1-12-17(13(2)26-22-12)16-11-20-15(10-21-16)14-6-8-23(9-7-14)18(24)25-19(3,4)5/h10-11,14H,6-9H2,1-5H3. The van der Waals surface area contributed by atoms with E-state index >= 15 is 0 Å². The quantitative estimate of drug-likeness (QED) is 0.811. The number of amides is 1. The van der Waals surface area contributed by atoms with E-state index in [4.69, 9.17) is 9.26 Å². The first-order chi connectivity index (χ1) is 12.2. The molecule has 0 N–H and O–H groups in total. The molecule has 1 saturated heterocycles. The lowest BCUT2D eigenvalue weighted by Gasteiger charge is -2.33. The molecule has 0 unspecified atom stereocenters. The second-order valence-electron chi connectivity index (χ2n) is 7.77. The molecule has 140 valence electrons. The number of carbonyl (C=O) groups is 1. The summed E-state index contributed by atoms with van der Waals surface area (Å²) < 4.78 is 10.6. The van der Waals surface area contributed by atoms with Crippen LogP contribution in [0.4, 0.5) is 4.79 Å². The van der Waals surface area contributed by atoms with Gasteiger partial charge in [-0.1, -0.05) is 5.16 Å². The fourth-order valence-corrected chi connectivity index (χ4v) is 3.21. The molecule has 7 nitrogen and oxygen atoms in total. The van der Waals surface area contributed by atoms with Crippen molar-refractivity contribution in [1.29, 1.82) is 0 Å². The Hall–Kier alpha value is -2.44. The maximum absolute atomic E-state index is 12.2. The number of hydrogen-bond acceptors (Lipinski definition) is 6. The number of aromatic nitrogens is 3. The summed E-state index contributed by atoms with van der Waals surface area (Å²) in [6, 6.07) is 0. The lowest BCUT2D eigenvalue weighted by Crippen LogP contribution is -2.41. The van der Waals surface area contributed by atoms with E-state index in [1.54, 1.807) is 11.1 Å². The molecule has 0 saturated carbocycles. The second-order valence-corrected chi connectivity index (χ2v) is 7.77. The van der Waals surface area contributed by atoms with E-state index in [2.05, 4.69) is 15.1 Å². The van der Waals surface area contributed by atoms with Crippen LogP contribution >= 0.6 is 0 Å². The molecule has 3 rings (SSSR count). The van der Waals surface area contributed by atoms with Gasteiger partial charge in [-0.2, -0.15) is 0 Å². The molecule has 2 aromatic rings. The fraction of sp³-hybridized carbons (Fsp3) is 0.579. The minimum atomic E-state index is -0.465. The van der Waals surface area contributed by atoms with Crippen molar-refractivity contribution in [1.82, 2.24) is 20.0 Å². The zero-order valence-electron chi connectivity index (χ0n) is 16.1. The van der Waals surface area contributed by atoms with Crippen molar-refractivity contribution in [2.75, 3.05) is 13.1 Å². The van der Waals surface area contributed by atoms with Crippen molar-refractivity contribution in [3.8, 4) is 11.3 Å². The normalized spacial score (nSPS) is 16.0. The Bertz CT molecular complexity index is 750. The van der Waals surface area contributed by atoms with Gasteiger partial charge in [-0.3, -0.25) is 9.97 Å². The molecule has 3 heterocycles. The Morgan fingerprint density at radius 1 is 1.19 bits per heavy atom. The van der Waals surface area contributed by atoms with Gasteiger partial charge < -0.3 is 14.2 Å². The van der Waals surface area contributed by atoms with Crippen molar-refractivity contribution in [2.45, 2.75) is 59.0 Å². The maximum atomic E-state index is 12.2. The molecule has 2 aromatic heterocycles. The molecule has 0 radical (unpaired) electrons. The first-order valence-electron chi connectivity index (χ1n) is 8.97. The summed E-state index contributed by atoms with van der Waals surface area (Å²) in [6.45, 7) is 10.8. The number of ether oxygens (including phenoxy) is 1. The molecular weight excluding hydrogens is 332 g/mol. The fourth-order valence-electron chi connectivity index (χ4n) is 3.21. The molecular formula is C19H26N4O3. The number of hydrogen-bond donors (Lipinski definition) is 0. The molecule has 0 spiro atoms. The van der Waals surface area contributed by atoms with Crippen LogP contribution in [0.25, 0.3) is 11.3 Å². The molecule has 1 fully saturated rings. The highest BCUT2D eigenvalue weighted by Gasteiger charge is 2.28. The van der Waals surface area contributed by atoms with E-state index in [1.165, 1.54) is 0 Å². The zero-order valence-corrected chi connectivity index (χ0v) is 16.1. The highest BCUT2D eigenvalue weighted by Crippen LogP contribution is 2.29. The summed E-state index contributed by atoms with van der Waals surface area (Å²) in [5.74, 6) is 1.05. The molecule has 0 aliphatic carbocycles. The molecule has 0 atom stereocenters. The molecule has 1 amide bonds. The minimum Gasteiger partial charge on any atom is -0.444 e. The Morgan fingerprint density at radius 2 is 1.88 bits per heavy atom. The lowest BCUT2D eigenvalue weighted by atomic mass is 9.94. The summed E-state index contributed by atoms with van der Waals surface area (Å²) in [6.07, 6.45) is 5.09. The van der Waals surface area contributed by atoms with Crippen LogP contribution in [0.5, 0.6) is 0 Å². The Balaban J connectivity index is 1.63. The van der Waals surface area contributed by atoms with Crippen LogP contribution in [0.3, 0.4) is 0 Å². The zero-order chi connectivity index (χ0) is 18.9. The van der Waals surface area contributed by atoms with E-state index < -0.39 is 5.60 Å². The number of likely N-dealkylation sites (tertiary alicyclic amines) is 1. The number of aryl methyl sites for hydroxylation is 2. The summed E-state index contributed by atoms with van der Waals surface area (Å²) in [5.41, 5.74) is 2.99. The molecule has 1 aliphatic rings. The number of nitrogens with zero attached hydrogens (tertiary/aromatic N) is 4. The van der Waals surface area contributed by atoms with E-state index in [-0.39, 0.29) is 6.09 Å². The Kier molecular flexibility index (Phi) is 4.98. The van der Waals surface area contributed by atoms with Gasteiger partial charge in [0.15, 0.2) is 0 Å². The Morgan fingerprint density at radius 3 is 2.38 bits per heavy atom. The minimum absolute atomic E-state index is 0.240. The third-order valence-corrected chi connectivity index (χ3v) is 4.53. The van der Waals surface area contributed by atoms with Gasteiger partial charge >= 0.3 is 6.09 Å². The summed E-state index contributed by atoms with van der Waals surface area (Å²) in [7, 11) is 0. The van der Waals surface area contributed by atoms with Crippen LogP contribution in [-0.2, 0) is 4.74 Å². The topological polar surface area (TPSA) is 81.4 Å². The lowest BCUT2D eigenvalue weighted by molar-refractivity contribution is 0.0204. The van der Waals surface area contributed by atoms with Gasteiger partial charge in [0.2, 0.25) is 0 Å². The largest absolute Gasteiger partial charge is 0.444 e. The highest BCUT2D eigenvalue weighted by molar-refractivity contribution is 5.68. The van der Waals surface area contributed by atoms with Gasteiger partial charge in [0, 0.05) is 25.2 Å². The summed E-state index contributed by atoms with van der Waals surface area (Å²) in [5, 5.41) is 3.96. The van der Waals surface area contributed by atoms with Crippen molar-refractivity contribution in [3.63, 3.8) is 0 Å². The van der Waals surface area contributed by atoms with Gasteiger partial charge in [0.05, 0.1) is 28.8 Å². The first-order valence-corrected chi connectivity index (χ1v) is 8.97. The van der Waals surface area contributed by atoms with Gasteiger partial charge in [0.1, 0.15) is 11.4 Å². The van der Waals surface area contributed by atoms with Gasteiger partial charge in [-0.25, -0.2) is 4.79 Å². The number of rotatable bonds is 2. The number of piperidine rings is 1. The highest BCUT2D eigenvalue weighted by atomic mass is 16.6. The smallest absolute Gasteiger partial charge is 0.410 e. The maximum Gasteiger partial charge on any atom is 0.410 e. The SMILES string of the molecule is Cc1noc(C)c1-c1cnc(C2CCN(C(=O)OC(C)(C)C)CC2)cn1. The second kappa shape index (κ2) is 7.05. The summed E-state index contributed by atoms with van der Waals surface area (Å²) >= 11 is 0. The van der Waals surface area contributed by atoms with E-state index in [9.17, 15) is 4.79 Å². The van der Waals surface area contributed by atoms with Gasteiger partial charge in [0.25, 0.3) is 0 Å². The molecule has 0 bridgehead atoms. The van der Waals surface area contributed by atoms with Crippen LogP contribution in [0.1, 0.15) is 56.7 Å². The molecule has 7 heteroatoms. The van der Waals surface area contributed by atoms with Crippen molar-refractivity contribution in [2.24, 2.45) is 0 Å². The van der Waals surface area contributed by atoms with Crippen molar-refractivity contribution in [3.05, 3.63) is 29.5 Å². The average Bonchev–Trinajstić information content (AvgIpc) is 2.92. The molecule has 0 aromatic carbocycles. The average molecular weight is 358 g/mol. The van der Waals surface area contributed by atoms with Crippen LogP contribution < -0.4 is 0 Å². The monoisotopic (exact) mass is 358 g/mol. The number of carbonyl (C=O) groups excluding carboxylic acids is 1. The van der Waals surface area contributed by atoms with Gasteiger partial charge in [-0.05, 0) is 47.5 Å². The van der Waals surface area contributed by atoms with Crippen molar-refractivity contribution < 1.29 is 14.1 Å². The van der Waals surface area contributed by atoms with E-state index in [0.717, 1.165) is 41.2 Å². The van der Waals surface area contributed by atoms with Crippen LogP contribution in [-0.4, -0.2) is 44.8 Å². The van der Waals surface area contributed by atoms with Crippen LogP contribution in [0.15, 0.2) is 16.9 Å². The first kappa shape index (κ1) is 18.4. The summed E-state index contributed by atoms with van der Waals surface area (Å²) in [4.78, 5) is 23.1. The Labute approximate surface area is 153 Å². The molecule has 26 heavy (non-hydrogen) atoms.